The van der Waals surface area contributed by atoms with Crippen LogP contribution >= 0.6 is 0 Å². The molecule has 5 nitrogen and oxygen atoms in total. The fraction of sp³-hybridized carbons (Fsp3) is 0.938. The minimum absolute atomic E-state index is 0.122. The molecule has 124 valence electrons. The number of hydrogen-bond donors (Lipinski definition) is 2. The van der Waals surface area contributed by atoms with E-state index in [0.29, 0.717) is 25.7 Å². The van der Waals surface area contributed by atoms with Crippen LogP contribution in [-0.2, 0) is 9.53 Å². The minimum atomic E-state index is 0.122. The molecule has 0 aromatic rings. The third-order valence-corrected chi connectivity index (χ3v) is 3.80. The molecule has 0 radical (unpaired) electrons. The predicted molar refractivity (Wildman–Crippen MR) is 86.5 cm³/mol. The Balaban J connectivity index is 2.12. The molecule has 2 N–H and O–H groups in total. The van der Waals surface area contributed by atoms with Crippen molar-refractivity contribution < 1.29 is 9.53 Å². The van der Waals surface area contributed by atoms with Gasteiger partial charge in [-0.1, -0.05) is 13.3 Å². The Hall–Kier alpha value is -0.650. The lowest BCUT2D eigenvalue weighted by Crippen LogP contribution is -2.46. The van der Waals surface area contributed by atoms with Crippen molar-refractivity contribution in [2.75, 3.05) is 39.3 Å². The van der Waals surface area contributed by atoms with E-state index < -0.39 is 0 Å². The fourth-order valence-corrected chi connectivity index (χ4v) is 2.57. The van der Waals surface area contributed by atoms with Crippen molar-refractivity contribution in [3.05, 3.63) is 0 Å². The molecular formula is C16H33N3O2. The molecule has 1 saturated heterocycles. The Morgan fingerprint density at radius 2 is 2.24 bits per heavy atom. The lowest BCUT2D eigenvalue weighted by atomic mass is 10.0. The third kappa shape index (κ3) is 9.06. The number of likely N-dealkylation sites (N-methyl/N-ethyl adjacent to an activating group) is 1. The fourth-order valence-electron chi connectivity index (χ4n) is 2.57. The Morgan fingerprint density at radius 3 is 2.86 bits per heavy atom. The van der Waals surface area contributed by atoms with Crippen molar-refractivity contribution in [3.63, 3.8) is 0 Å². The van der Waals surface area contributed by atoms with Crippen molar-refractivity contribution in [1.29, 1.82) is 0 Å². The summed E-state index contributed by atoms with van der Waals surface area (Å²) in [5.41, 5.74) is 0. The first kappa shape index (κ1) is 18.4. The van der Waals surface area contributed by atoms with Gasteiger partial charge in [-0.05, 0) is 46.2 Å². The molecule has 0 spiro atoms. The quantitative estimate of drug-likeness (QED) is 0.599. The molecule has 0 bridgehead atoms. The van der Waals surface area contributed by atoms with Gasteiger partial charge in [-0.25, -0.2) is 0 Å². The summed E-state index contributed by atoms with van der Waals surface area (Å²) in [6, 6.07) is 0.547. The van der Waals surface area contributed by atoms with E-state index in [0.717, 1.165) is 26.1 Å². The van der Waals surface area contributed by atoms with Crippen LogP contribution in [0.5, 0.6) is 0 Å². The molecule has 0 aliphatic carbocycles. The van der Waals surface area contributed by atoms with Gasteiger partial charge in [-0.3, -0.25) is 9.69 Å². The SMILES string of the molecule is CCN(CC(=O)NCCCOC(C)C)CC1CCCCN1. The van der Waals surface area contributed by atoms with Crippen LogP contribution in [0.4, 0.5) is 0 Å². The molecule has 0 aromatic heterocycles. The van der Waals surface area contributed by atoms with Crippen LogP contribution in [0.25, 0.3) is 0 Å². The first-order valence-electron chi connectivity index (χ1n) is 8.45. The largest absolute Gasteiger partial charge is 0.379 e. The number of carbonyl (C=O) groups is 1. The van der Waals surface area contributed by atoms with Crippen LogP contribution < -0.4 is 10.6 Å². The lowest BCUT2D eigenvalue weighted by molar-refractivity contribution is -0.122. The molecule has 1 atom stereocenters. The highest BCUT2D eigenvalue weighted by Crippen LogP contribution is 2.08. The van der Waals surface area contributed by atoms with Crippen molar-refractivity contribution in [2.24, 2.45) is 0 Å². The maximum Gasteiger partial charge on any atom is 0.234 e. The molecule has 1 aliphatic rings. The second kappa shape index (κ2) is 11.0. The van der Waals surface area contributed by atoms with E-state index in [1.807, 2.05) is 13.8 Å². The van der Waals surface area contributed by atoms with Gasteiger partial charge in [-0.2, -0.15) is 0 Å². The number of amides is 1. The summed E-state index contributed by atoms with van der Waals surface area (Å²) in [6.45, 7) is 11.1. The summed E-state index contributed by atoms with van der Waals surface area (Å²) in [4.78, 5) is 14.2. The second-order valence-electron chi connectivity index (χ2n) is 6.10. The topological polar surface area (TPSA) is 53.6 Å². The van der Waals surface area contributed by atoms with Gasteiger partial charge in [-0.15, -0.1) is 0 Å². The molecule has 1 rings (SSSR count). The highest BCUT2D eigenvalue weighted by molar-refractivity contribution is 5.77. The van der Waals surface area contributed by atoms with Crippen LogP contribution in [0.1, 0.15) is 46.5 Å². The first-order chi connectivity index (χ1) is 10.1. The van der Waals surface area contributed by atoms with Gasteiger partial charge in [0.05, 0.1) is 12.6 Å². The first-order valence-corrected chi connectivity index (χ1v) is 8.45. The van der Waals surface area contributed by atoms with Crippen LogP contribution in [0.3, 0.4) is 0 Å². The number of piperidine rings is 1. The summed E-state index contributed by atoms with van der Waals surface area (Å²) in [5.74, 6) is 0.122. The zero-order valence-corrected chi connectivity index (χ0v) is 14.0. The van der Waals surface area contributed by atoms with Crippen LogP contribution in [0, 0.1) is 0 Å². The van der Waals surface area contributed by atoms with E-state index >= 15 is 0 Å². The zero-order chi connectivity index (χ0) is 15.5. The molecule has 1 unspecified atom stereocenters. The van der Waals surface area contributed by atoms with Crippen LogP contribution in [0.2, 0.25) is 0 Å². The lowest BCUT2D eigenvalue weighted by Gasteiger charge is -2.29. The molecule has 21 heavy (non-hydrogen) atoms. The monoisotopic (exact) mass is 299 g/mol. The number of carbonyl (C=O) groups excluding carboxylic acids is 1. The average molecular weight is 299 g/mol. The number of hydrogen-bond acceptors (Lipinski definition) is 4. The van der Waals surface area contributed by atoms with Crippen molar-refractivity contribution in [1.82, 2.24) is 15.5 Å². The van der Waals surface area contributed by atoms with Crippen molar-refractivity contribution >= 4 is 5.91 Å². The van der Waals surface area contributed by atoms with Crippen molar-refractivity contribution in [2.45, 2.75) is 58.6 Å². The molecule has 0 saturated carbocycles. The van der Waals surface area contributed by atoms with E-state index in [9.17, 15) is 4.79 Å². The Morgan fingerprint density at radius 1 is 1.43 bits per heavy atom. The Bertz CT molecular complexity index is 279. The van der Waals surface area contributed by atoms with Gasteiger partial charge in [0.15, 0.2) is 0 Å². The summed E-state index contributed by atoms with van der Waals surface area (Å²) in [6.07, 6.45) is 4.95. The highest BCUT2D eigenvalue weighted by atomic mass is 16.5. The van der Waals surface area contributed by atoms with Gasteiger partial charge in [0.1, 0.15) is 0 Å². The van der Waals surface area contributed by atoms with Crippen LogP contribution in [-0.4, -0.2) is 62.3 Å². The van der Waals surface area contributed by atoms with E-state index in [-0.39, 0.29) is 12.0 Å². The zero-order valence-electron chi connectivity index (χ0n) is 14.0. The van der Waals surface area contributed by atoms with Gasteiger partial charge in [0, 0.05) is 25.7 Å². The van der Waals surface area contributed by atoms with Crippen molar-refractivity contribution in [3.8, 4) is 0 Å². The van der Waals surface area contributed by atoms with Gasteiger partial charge in [0.2, 0.25) is 5.91 Å². The molecule has 1 aliphatic heterocycles. The Kier molecular flexibility index (Phi) is 9.63. The van der Waals surface area contributed by atoms with E-state index in [2.05, 4.69) is 22.5 Å². The summed E-state index contributed by atoms with van der Waals surface area (Å²) in [5, 5.41) is 6.52. The number of rotatable bonds is 10. The maximum atomic E-state index is 11.9. The minimum Gasteiger partial charge on any atom is -0.379 e. The Labute approximate surface area is 129 Å². The number of nitrogens with zero attached hydrogens (tertiary/aromatic N) is 1. The predicted octanol–water partition coefficient (Wildman–Crippen LogP) is 1.38. The number of ether oxygens (including phenoxy) is 1. The highest BCUT2D eigenvalue weighted by Gasteiger charge is 2.17. The van der Waals surface area contributed by atoms with Gasteiger partial charge in [0.25, 0.3) is 0 Å². The number of nitrogens with one attached hydrogen (secondary N) is 2. The maximum absolute atomic E-state index is 11.9. The standard InChI is InChI=1S/C16H33N3O2/c1-4-19(12-15-8-5-6-9-17-15)13-16(20)18-10-7-11-21-14(2)3/h14-15,17H,4-13H2,1-3H3,(H,18,20). The molecular weight excluding hydrogens is 266 g/mol. The van der Waals surface area contributed by atoms with E-state index in [1.165, 1.54) is 19.3 Å². The molecule has 1 amide bonds. The summed E-state index contributed by atoms with van der Waals surface area (Å²) < 4.78 is 5.46. The average Bonchev–Trinajstić information content (AvgIpc) is 2.47. The summed E-state index contributed by atoms with van der Waals surface area (Å²) in [7, 11) is 0. The van der Waals surface area contributed by atoms with E-state index in [4.69, 9.17) is 4.74 Å². The summed E-state index contributed by atoms with van der Waals surface area (Å²) >= 11 is 0. The van der Waals surface area contributed by atoms with E-state index in [1.54, 1.807) is 0 Å². The molecule has 5 heteroatoms. The van der Waals surface area contributed by atoms with Gasteiger partial charge < -0.3 is 15.4 Å². The molecule has 1 fully saturated rings. The molecule has 1 heterocycles. The van der Waals surface area contributed by atoms with Gasteiger partial charge >= 0.3 is 0 Å². The second-order valence-corrected chi connectivity index (χ2v) is 6.10. The normalized spacial score (nSPS) is 19.2. The smallest absolute Gasteiger partial charge is 0.234 e. The third-order valence-electron chi connectivity index (χ3n) is 3.80. The molecule has 0 aromatic carbocycles. The van der Waals surface area contributed by atoms with Crippen LogP contribution in [0.15, 0.2) is 0 Å².